The number of benzene rings is 1. The molecular weight excluding hydrogens is 308 g/mol. The van der Waals surface area contributed by atoms with Crippen molar-refractivity contribution in [2.75, 3.05) is 26.6 Å². The van der Waals surface area contributed by atoms with Crippen LogP contribution in [0.4, 0.5) is 5.69 Å². The molecule has 0 bridgehead atoms. The molecule has 0 aliphatic rings. The van der Waals surface area contributed by atoms with Gasteiger partial charge < -0.3 is 15.2 Å². The minimum atomic E-state index is -0.157. The van der Waals surface area contributed by atoms with E-state index in [9.17, 15) is 4.79 Å². The summed E-state index contributed by atoms with van der Waals surface area (Å²) in [5, 5.41) is 0.473. The summed E-state index contributed by atoms with van der Waals surface area (Å²) in [6, 6.07) is 7.04. The summed E-state index contributed by atoms with van der Waals surface area (Å²) in [4.78, 5) is 21.4. The van der Waals surface area contributed by atoms with Gasteiger partial charge in [0.2, 0.25) is 5.88 Å². The van der Waals surface area contributed by atoms with Crippen LogP contribution in [0.15, 0.2) is 41.6 Å². The highest BCUT2D eigenvalue weighted by molar-refractivity contribution is 5.99. The highest BCUT2D eigenvalue weighted by atomic mass is 16.5. The first-order valence-corrected chi connectivity index (χ1v) is 7.42. The standard InChI is InChI=1S/C17H18N4O3/c1-23-8-7-21-10-20-13-5-4-12(18)15(16(13)17(21)22)11-3-6-14(24-2)19-9-11/h3-6,9-10H,7-8,18H2,1-2H3. The van der Waals surface area contributed by atoms with Gasteiger partial charge in [0, 0.05) is 36.2 Å². The zero-order valence-electron chi connectivity index (χ0n) is 13.5. The van der Waals surface area contributed by atoms with E-state index in [0.29, 0.717) is 41.2 Å². The fourth-order valence-electron chi connectivity index (χ4n) is 2.57. The third-order valence-corrected chi connectivity index (χ3v) is 3.80. The third kappa shape index (κ3) is 2.81. The molecule has 2 heterocycles. The molecule has 0 unspecified atom stereocenters. The second kappa shape index (κ2) is 6.67. The Morgan fingerprint density at radius 2 is 2.00 bits per heavy atom. The molecule has 2 aromatic heterocycles. The number of methoxy groups -OCH3 is 2. The van der Waals surface area contributed by atoms with E-state index in [1.807, 2.05) is 6.07 Å². The Bertz CT molecular complexity index is 920. The van der Waals surface area contributed by atoms with Crippen molar-refractivity contribution in [3.63, 3.8) is 0 Å². The fourth-order valence-corrected chi connectivity index (χ4v) is 2.57. The van der Waals surface area contributed by atoms with Crippen LogP contribution in [0.3, 0.4) is 0 Å². The first kappa shape index (κ1) is 15.9. The number of nitrogens with two attached hydrogens (primary N) is 1. The van der Waals surface area contributed by atoms with Crippen LogP contribution in [0, 0.1) is 0 Å². The van der Waals surface area contributed by atoms with Crippen LogP contribution < -0.4 is 16.0 Å². The molecule has 124 valence electrons. The highest BCUT2D eigenvalue weighted by Crippen LogP contribution is 2.31. The Morgan fingerprint density at radius 1 is 1.17 bits per heavy atom. The van der Waals surface area contributed by atoms with E-state index in [4.69, 9.17) is 15.2 Å². The van der Waals surface area contributed by atoms with Crippen LogP contribution in [-0.2, 0) is 11.3 Å². The minimum absolute atomic E-state index is 0.157. The van der Waals surface area contributed by atoms with Crippen molar-refractivity contribution in [3.8, 4) is 17.0 Å². The zero-order chi connectivity index (χ0) is 17.1. The number of anilines is 1. The predicted molar refractivity (Wildman–Crippen MR) is 92.1 cm³/mol. The SMILES string of the molecule is COCCn1cnc2ccc(N)c(-c3ccc(OC)nc3)c2c1=O. The summed E-state index contributed by atoms with van der Waals surface area (Å²) in [6.45, 7) is 0.849. The number of ether oxygens (including phenoxy) is 2. The van der Waals surface area contributed by atoms with E-state index >= 15 is 0 Å². The van der Waals surface area contributed by atoms with Crippen LogP contribution >= 0.6 is 0 Å². The lowest BCUT2D eigenvalue weighted by atomic mass is 10.0. The fraction of sp³-hybridized carbons (Fsp3) is 0.235. The van der Waals surface area contributed by atoms with Gasteiger partial charge in [0.25, 0.3) is 5.56 Å². The Kier molecular flexibility index (Phi) is 4.43. The van der Waals surface area contributed by atoms with E-state index in [2.05, 4.69) is 9.97 Å². The highest BCUT2D eigenvalue weighted by Gasteiger charge is 2.14. The molecular formula is C17H18N4O3. The van der Waals surface area contributed by atoms with Gasteiger partial charge in [-0.1, -0.05) is 0 Å². The summed E-state index contributed by atoms with van der Waals surface area (Å²) in [6.07, 6.45) is 3.16. The van der Waals surface area contributed by atoms with Crippen LogP contribution in [0.2, 0.25) is 0 Å². The minimum Gasteiger partial charge on any atom is -0.481 e. The van der Waals surface area contributed by atoms with Crippen LogP contribution in [0.1, 0.15) is 0 Å². The topological polar surface area (TPSA) is 92.3 Å². The number of nitrogen functional groups attached to an aromatic ring is 1. The van der Waals surface area contributed by atoms with Crippen molar-refractivity contribution >= 4 is 16.6 Å². The maximum atomic E-state index is 12.9. The number of aromatic nitrogens is 3. The summed E-state index contributed by atoms with van der Waals surface area (Å²) < 4.78 is 11.6. The van der Waals surface area contributed by atoms with Crippen molar-refractivity contribution in [1.82, 2.24) is 14.5 Å². The normalized spacial score (nSPS) is 10.9. The predicted octanol–water partition coefficient (Wildman–Crippen LogP) is 1.70. The van der Waals surface area contributed by atoms with Crippen LogP contribution in [0.5, 0.6) is 5.88 Å². The smallest absolute Gasteiger partial charge is 0.261 e. The number of hydrogen-bond acceptors (Lipinski definition) is 6. The van der Waals surface area contributed by atoms with Gasteiger partial charge >= 0.3 is 0 Å². The maximum Gasteiger partial charge on any atom is 0.261 e. The van der Waals surface area contributed by atoms with Gasteiger partial charge in [0.05, 0.1) is 37.5 Å². The first-order chi connectivity index (χ1) is 11.7. The summed E-state index contributed by atoms with van der Waals surface area (Å²) in [5.74, 6) is 0.494. The molecule has 0 aliphatic carbocycles. The monoisotopic (exact) mass is 326 g/mol. The molecule has 24 heavy (non-hydrogen) atoms. The average Bonchev–Trinajstić information content (AvgIpc) is 2.61. The molecule has 0 saturated carbocycles. The van der Waals surface area contributed by atoms with Gasteiger partial charge in [-0.3, -0.25) is 9.36 Å². The van der Waals surface area contributed by atoms with E-state index < -0.39 is 0 Å². The van der Waals surface area contributed by atoms with Crippen LogP contribution in [-0.4, -0.2) is 35.4 Å². The molecule has 0 amide bonds. The molecule has 2 N–H and O–H groups in total. The molecule has 3 aromatic rings. The van der Waals surface area contributed by atoms with Gasteiger partial charge in [-0.2, -0.15) is 0 Å². The van der Waals surface area contributed by atoms with Gasteiger partial charge in [-0.15, -0.1) is 0 Å². The second-order valence-corrected chi connectivity index (χ2v) is 5.25. The molecule has 0 spiro atoms. The maximum absolute atomic E-state index is 12.9. The number of pyridine rings is 1. The lowest BCUT2D eigenvalue weighted by molar-refractivity contribution is 0.186. The Balaban J connectivity index is 2.24. The lowest BCUT2D eigenvalue weighted by Gasteiger charge is -2.12. The lowest BCUT2D eigenvalue weighted by Crippen LogP contribution is -2.23. The Hall–Kier alpha value is -2.93. The quantitative estimate of drug-likeness (QED) is 0.717. The number of nitrogens with zero attached hydrogens (tertiary/aromatic N) is 3. The van der Waals surface area contributed by atoms with E-state index in [-0.39, 0.29) is 5.56 Å². The Labute approximate surface area is 138 Å². The first-order valence-electron chi connectivity index (χ1n) is 7.42. The summed E-state index contributed by atoms with van der Waals surface area (Å²) in [5.41, 5.74) is 8.45. The summed E-state index contributed by atoms with van der Waals surface area (Å²) in [7, 11) is 3.14. The molecule has 0 saturated heterocycles. The molecule has 0 atom stereocenters. The van der Waals surface area contributed by atoms with Crippen molar-refractivity contribution in [2.45, 2.75) is 6.54 Å². The van der Waals surface area contributed by atoms with Gasteiger partial charge in [-0.25, -0.2) is 9.97 Å². The van der Waals surface area contributed by atoms with Gasteiger partial charge in [-0.05, 0) is 18.2 Å². The van der Waals surface area contributed by atoms with Crippen molar-refractivity contribution in [2.24, 2.45) is 0 Å². The molecule has 0 aliphatic heterocycles. The van der Waals surface area contributed by atoms with E-state index in [0.717, 1.165) is 5.56 Å². The van der Waals surface area contributed by atoms with Crippen LogP contribution in [0.25, 0.3) is 22.0 Å². The average molecular weight is 326 g/mol. The van der Waals surface area contributed by atoms with Crippen molar-refractivity contribution in [3.05, 3.63) is 47.1 Å². The molecule has 0 radical (unpaired) electrons. The Morgan fingerprint density at radius 3 is 2.67 bits per heavy atom. The van der Waals surface area contributed by atoms with Crippen molar-refractivity contribution < 1.29 is 9.47 Å². The zero-order valence-corrected chi connectivity index (χ0v) is 13.5. The largest absolute Gasteiger partial charge is 0.481 e. The second-order valence-electron chi connectivity index (χ2n) is 5.25. The molecule has 1 aromatic carbocycles. The molecule has 0 fully saturated rings. The van der Waals surface area contributed by atoms with Gasteiger partial charge in [0.1, 0.15) is 0 Å². The third-order valence-electron chi connectivity index (χ3n) is 3.80. The number of hydrogen-bond donors (Lipinski definition) is 1. The molecule has 3 rings (SSSR count). The number of fused-ring (bicyclic) bond motifs is 1. The van der Waals surface area contributed by atoms with Crippen molar-refractivity contribution in [1.29, 1.82) is 0 Å². The number of rotatable bonds is 5. The van der Waals surface area contributed by atoms with E-state index in [1.165, 1.54) is 10.9 Å². The summed E-state index contributed by atoms with van der Waals surface area (Å²) >= 11 is 0. The van der Waals surface area contributed by atoms with Gasteiger partial charge in [0.15, 0.2) is 0 Å². The van der Waals surface area contributed by atoms with E-state index in [1.54, 1.807) is 38.6 Å². The molecule has 7 nitrogen and oxygen atoms in total. The molecule has 7 heteroatoms.